The number of aromatic nitrogens is 1. The first-order valence-electron chi connectivity index (χ1n) is 9.53. The number of amides is 2. The molecule has 152 valence electrons. The minimum Gasteiger partial charge on any atom is -0.329 e. The molecule has 2 N–H and O–H groups in total. The highest BCUT2D eigenvalue weighted by molar-refractivity contribution is 6.30. The number of hydrogen-bond donors (Lipinski definition) is 2. The SMILES string of the molecule is CCCN(CC(=O)Nc1ccc(Cl)cc1)C(=O)c1cc2c([nH]c1=O)CCCC2=O. The summed E-state index contributed by atoms with van der Waals surface area (Å²) in [6.45, 7) is 1.97. The van der Waals surface area contributed by atoms with Crippen LogP contribution in [0.3, 0.4) is 0 Å². The lowest BCUT2D eigenvalue weighted by Crippen LogP contribution is -2.41. The molecule has 8 heteroatoms. The summed E-state index contributed by atoms with van der Waals surface area (Å²) in [7, 11) is 0. The lowest BCUT2D eigenvalue weighted by Gasteiger charge is -2.22. The van der Waals surface area contributed by atoms with Gasteiger partial charge in [0.05, 0.1) is 0 Å². The lowest BCUT2D eigenvalue weighted by atomic mass is 9.93. The number of anilines is 1. The van der Waals surface area contributed by atoms with Crippen molar-refractivity contribution in [3.8, 4) is 0 Å². The van der Waals surface area contributed by atoms with Gasteiger partial charge in [0.1, 0.15) is 12.1 Å². The van der Waals surface area contributed by atoms with E-state index in [1.807, 2.05) is 6.92 Å². The van der Waals surface area contributed by atoms with Crippen molar-refractivity contribution >= 4 is 34.9 Å². The molecule has 0 saturated carbocycles. The predicted molar refractivity (Wildman–Crippen MR) is 111 cm³/mol. The zero-order chi connectivity index (χ0) is 21.0. The number of H-pyrrole nitrogens is 1. The third kappa shape index (κ3) is 4.92. The number of halogens is 1. The summed E-state index contributed by atoms with van der Waals surface area (Å²) in [5.74, 6) is -1.04. The summed E-state index contributed by atoms with van der Waals surface area (Å²) in [5, 5.41) is 3.25. The molecule has 0 bridgehead atoms. The van der Waals surface area contributed by atoms with Crippen LogP contribution >= 0.6 is 11.6 Å². The van der Waals surface area contributed by atoms with Crippen molar-refractivity contribution in [2.45, 2.75) is 32.6 Å². The fourth-order valence-corrected chi connectivity index (χ4v) is 3.46. The van der Waals surface area contributed by atoms with Gasteiger partial charge < -0.3 is 15.2 Å². The molecule has 0 fully saturated rings. The van der Waals surface area contributed by atoms with Crippen LogP contribution < -0.4 is 10.9 Å². The quantitative estimate of drug-likeness (QED) is 0.757. The molecule has 0 spiro atoms. The number of benzene rings is 1. The first-order chi connectivity index (χ1) is 13.9. The van der Waals surface area contributed by atoms with Gasteiger partial charge in [-0.3, -0.25) is 19.2 Å². The number of hydrogen-bond acceptors (Lipinski definition) is 4. The minimum absolute atomic E-state index is 0.0842. The largest absolute Gasteiger partial charge is 0.329 e. The molecule has 1 aliphatic carbocycles. The van der Waals surface area contributed by atoms with Crippen molar-refractivity contribution in [1.29, 1.82) is 0 Å². The number of nitrogens with one attached hydrogen (secondary N) is 2. The maximum Gasteiger partial charge on any atom is 0.261 e. The molecule has 1 aromatic carbocycles. The smallest absolute Gasteiger partial charge is 0.261 e. The second-order valence-electron chi connectivity index (χ2n) is 6.96. The van der Waals surface area contributed by atoms with E-state index in [0.29, 0.717) is 54.2 Å². The molecule has 1 heterocycles. The van der Waals surface area contributed by atoms with Crippen LogP contribution in [0.5, 0.6) is 0 Å². The number of Topliss-reactive ketones (excluding diaryl/α,β-unsaturated/α-hetero) is 1. The van der Waals surface area contributed by atoms with Gasteiger partial charge in [0.2, 0.25) is 5.91 Å². The molecule has 0 aliphatic heterocycles. The third-order valence-corrected chi connectivity index (χ3v) is 4.98. The van der Waals surface area contributed by atoms with Gasteiger partial charge in [-0.15, -0.1) is 0 Å². The Hall–Kier alpha value is -2.93. The fourth-order valence-electron chi connectivity index (χ4n) is 3.33. The van der Waals surface area contributed by atoms with E-state index in [1.54, 1.807) is 24.3 Å². The van der Waals surface area contributed by atoms with Gasteiger partial charge >= 0.3 is 0 Å². The zero-order valence-corrected chi connectivity index (χ0v) is 16.8. The maximum atomic E-state index is 13.0. The van der Waals surface area contributed by atoms with Crippen LogP contribution in [0.25, 0.3) is 0 Å². The van der Waals surface area contributed by atoms with Crippen molar-refractivity contribution in [3.63, 3.8) is 0 Å². The van der Waals surface area contributed by atoms with E-state index < -0.39 is 11.5 Å². The van der Waals surface area contributed by atoms with E-state index in [-0.39, 0.29) is 23.8 Å². The first-order valence-corrected chi connectivity index (χ1v) is 9.91. The van der Waals surface area contributed by atoms with Gasteiger partial charge in [0, 0.05) is 34.9 Å². The molecule has 2 amide bonds. The van der Waals surface area contributed by atoms with E-state index in [0.717, 1.165) is 0 Å². The number of carbonyl (C=O) groups is 3. The van der Waals surface area contributed by atoms with Crippen molar-refractivity contribution < 1.29 is 14.4 Å². The molecule has 1 aromatic heterocycles. The Balaban J connectivity index is 1.79. The fraction of sp³-hybridized carbons (Fsp3) is 0.333. The van der Waals surface area contributed by atoms with Gasteiger partial charge in [0.25, 0.3) is 11.5 Å². The van der Waals surface area contributed by atoms with Crippen molar-refractivity contribution in [2.75, 3.05) is 18.4 Å². The average Bonchev–Trinajstić information content (AvgIpc) is 2.69. The summed E-state index contributed by atoms with van der Waals surface area (Å²) >= 11 is 5.84. The number of ketones is 1. The Kier molecular flexibility index (Phi) is 6.49. The summed E-state index contributed by atoms with van der Waals surface area (Å²) in [6.07, 6.45) is 2.30. The van der Waals surface area contributed by atoms with E-state index in [4.69, 9.17) is 11.6 Å². The van der Waals surface area contributed by atoms with Crippen molar-refractivity contribution in [1.82, 2.24) is 9.88 Å². The van der Waals surface area contributed by atoms with Crippen LogP contribution in [-0.4, -0.2) is 40.6 Å². The van der Waals surface area contributed by atoms with Crippen LogP contribution in [-0.2, 0) is 11.2 Å². The molecule has 2 aromatic rings. The number of carbonyl (C=O) groups excluding carboxylic acids is 3. The predicted octanol–water partition coefficient (Wildman–Crippen LogP) is 3.04. The number of aryl methyl sites for hydroxylation is 1. The van der Waals surface area contributed by atoms with Crippen molar-refractivity contribution in [2.24, 2.45) is 0 Å². The number of fused-ring (bicyclic) bond motifs is 1. The molecule has 1 aliphatic rings. The zero-order valence-electron chi connectivity index (χ0n) is 16.1. The molecule has 29 heavy (non-hydrogen) atoms. The standard InChI is InChI=1S/C21H22ClN3O4/c1-2-10-25(12-19(27)23-14-8-6-13(22)7-9-14)21(29)16-11-15-17(24-20(16)28)4-3-5-18(15)26/h6-9,11H,2-5,10,12H2,1H3,(H,23,27)(H,24,28). The number of rotatable bonds is 6. The topological polar surface area (TPSA) is 99.3 Å². The van der Waals surface area contributed by atoms with E-state index >= 15 is 0 Å². The summed E-state index contributed by atoms with van der Waals surface area (Å²) in [5.41, 5.74) is 0.863. The van der Waals surface area contributed by atoms with Gasteiger partial charge in [-0.25, -0.2) is 0 Å². The maximum absolute atomic E-state index is 13.0. The Morgan fingerprint density at radius 1 is 1.17 bits per heavy atom. The second-order valence-corrected chi connectivity index (χ2v) is 7.40. The molecule has 0 radical (unpaired) electrons. The lowest BCUT2D eigenvalue weighted by molar-refractivity contribution is -0.116. The third-order valence-electron chi connectivity index (χ3n) is 4.73. The van der Waals surface area contributed by atoms with E-state index in [9.17, 15) is 19.2 Å². The van der Waals surface area contributed by atoms with Gasteiger partial charge in [-0.05, 0) is 49.6 Å². The van der Waals surface area contributed by atoms with Crippen LogP contribution in [0.15, 0.2) is 35.1 Å². The average molecular weight is 416 g/mol. The highest BCUT2D eigenvalue weighted by Gasteiger charge is 2.25. The Labute approximate surface area is 173 Å². The number of pyridine rings is 1. The normalized spacial score (nSPS) is 13.0. The number of nitrogens with zero attached hydrogens (tertiary/aromatic N) is 1. The number of aromatic amines is 1. The highest BCUT2D eigenvalue weighted by atomic mass is 35.5. The van der Waals surface area contributed by atoms with E-state index in [2.05, 4.69) is 10.3 Å². The monoisotopic (exact) mass is 415 g/mol. The van der Waals surface area contributed by atoms with E-state index in [1.165, 1.54) is 11.0 Å². The van der Waals surface area contributed by atoms with Crippen LogP contribution in [0.4, 0.5) is 5.69 Å². The Morgan fingerprint density at radius 3 is 2.59 bits per heavy atom. The second kappa shape index (κ2) is 9.05. The molecular weight excluding hydrogens is 394 g/mol. The minimum atomic E-state index is -0.569. The van der Waals surface area contributed by atoms with Crippen LogP contribution in [0.2, 0.25) is 5.02 Å². The summed E-state index contributed by atoms with van der Waals surface area (Å²) in [6, 6.07) is 7.99. The molecular formula is C21H22ClN3O4. The highest BCUT2D eigenvalue weighted by Crippen LogP contribution is 2.19. The molecule has 3 rings (SSSR count). The molecule has 0 atom stereocenters. The van der Waals surface area contributed by atoms with Crippen molar-refractivity contribution in [3.05, 3.63) is 62.5 Å². The van der Waals surface area contributed by atoms with Gasteiger partial charge in [0.15, 0.2) is 5.78 Å². The molecule has 0 saturated heterocycles. The molecule has 7 nitrogen and oxygen atoms in total. The summed E-state index contributed by atoms with van der Waals surface area (Å²) < 4.78 is 0. The van der Waals surface area contributed by atoms with Crippen LogP contribution in [0, 0.1) is 0 Å². The molecule has 0 unspecified atom stereocenters. The van der Waals surface area contributed by atoms with Gasteiger partial charge in [-0.2, -0.15) is 0 Å². The Bertz CT molecular complexity index is 998. The first kappa shape index (κ1) is 20.8. The summed E-state index contributed by atoms with van der Waals surface area (Å²) in [4.78, 5) is 53.9. The Morgan fingerprint density at radius 2 is 1.90 bits per heavy atom. The van der Waals surface area contributed by atoms with Gasteiger partial charge in [-0.1, -0.05) is 18.5 Å². The van der Waals surface area contributed by atoms with Crippen LogP contribution in [0.1, 0.15) is 52.6 Å².